The van der Waals surface area contributed by atoms with Crippen LogP contribution >= 0.6 is 0 Å². The number of ether oxygens (including phenoxy) is 3. The van der Waals surface area contributed by atoms with Crippen LogP contribution in [0.4, 0.5) is 4.79 Å². The predicted octanol–water partition coefficient (Wildman–Crippen LogP) is 3.60. The van der Waals surface area contributed by atoms with Crippen LogP contribution in [0, 0.1) is 5.92 Å². The van der Waals surface area contributed by atoms with E-state index in [-0.39, 0.29) is 30.6 Å². The van der Waals surface area contributed by atoms with E-state index in [2.05, 4.69) is 0 Å². The number of nitrogens with zero attached hydrogens (tertiary/aromatic N) is 1. The Hall–Kier alpha value is -2.24. The highest BCUT2D eigenvalue weighted by molar-refractivity contribution is 5.68. The van der Waals surface area contributed by atoms with Crippen molar-refractivity contribution in [3.05, 3.63) is 29.8 Å². The zero-order valence-electron chi connectivity index (χ0n) is 16.2. The third-order valence-corrected chi connectivity index (χ3v) is 4.68. The molecule has 1 aromatic carbocycles. The van der Waals surface area contributed by atoms with Gasteiger partial charge in [-0.3, -0.25) is 4.79 Å². The maximum absolute atomic E-state index is 12.5. The largest absolute Gasteiger partial charge is 0.497 e. The van der Waals surface area contributed by atoms with Crippen LogP contribution in [-0.2, 0) is 14.3 Å². The maximum Gasteiger partial charge on any atom is 0.410 e. The van der Waals surface area contributed by atoms with E-state index in [4.69, 9.17) is 14.2 Å². The molecule has 0 saturated carbocycles. The Kier molecular flexibility index (Phi) is 6.51. The van der Waals surface area contributed by atoms with Crippen molar-refractivity contribution in [3.63, 3.8) is 0 Å². The van der Waals surface area contributed by atoms with Crippen molar-refractivity contribution in [1.29, 1.82) is 0 Å². The molecule has 144 valence electrons. The lowest BCUT2D eigenvalue weighted by molar-refractivity contribution is -0.130. The minimum Gasteiger partial charge on any atom is -0.497 e. The van der Waals surface area contributed by atoms with Crippen LogP contribution < -0.4 is 4.74 Å². The average Bonchev–Trinajstić information content (AvgIpc) is 2.59. The summed E-state index contributed by atoms with van der Waals surface area (Å²) < 4.78 is 15.8. The fraction of sp³-hybridized carbons (Fsp3) is 0.600. The Bertz CT molecular complexity index is 608. The lowest BCUT2D eigenvalue weighted by Crippen LogP contribution is -2.50. The van der Waals surface area contributed by atoms with Gasteiger partial charge < -0.3 is 19.1 Å². The molecule has 3 atom stereocenters. The smallest absolute Gasteiger partial charge is 0.410 e. The van der Waals surface area contributed by atoms with Gasteiger partial charge in [-0.15, -0.1) is 0 Å². The number of rotatable bonds is 5. The molecule has 1 fully saturated rings. The molecule has 6 nitrogen and oxygen atoms in total. The normalized spacial score (nSPS) is 23.3. The first kappa shape index (κ1) is 20.1. The van der Waals surface area contributed by atoms with Crippen molar-refractivity contribution in [2.24, 2.45) is 5.92 Å². The van der Waals surface area contributed by atoms with E-state index < -0.39 is 5.60 Å². The number of hydrogen-bond donors (Lipinski definition) is 0. The Balaban J connectivity index is 2.19. The molecule has 0 unspecified atom stereocenters. The standard InChI is InChI=1S/C20H29NO5/c1-14-10-18(15-6-8-17(24-5)9-7-15)16(12-25-13-22)11-21(14)19(23)26-20(2,3)4/h6-9,13-14,16,18H,10-12H2,1-5H3/t14-,16+,18+/m1/s1. The van der Waals surface area contributed by atoms with Crippen LogP contribution in [0.5, 0.6) is 5.75 Å². The van der Waals surface area contributed by atoms with Gasteiger partial charge in [0.1, 0.15) is 11.4 Å². The highest BCUT2D eigenvalue weighted by atomic mass is 16.6. The lowest BCUT2D eigenvalue weighted by Gasteiger charge is -2.43. The number of likely N-dealkylation sites (tertiary alicyclic amines) is 1. The molecule has 0 spiro atoms. The molecular formula is C20H29NO5. The molecule has 1 aliphatic heterocycles. The van der Waals surface area contributed by atoms with Crippen molar-refractivity contribution in [1.82, 2.24) is 4.90 Å². The first-order valence-corrected chi connectivity index (χ1v) is 8.94. The van der Waals surface area contributed by atoms with Gasteiger partial charge in [-0.05, 0) is 57.7 Å². The third kappa shape index (κ3) is 5.13. The van der Waals surface area contributed by atoms with Gasteiger partial charge in [0, 0.05) is 18.5 Å². The first-order chi connectivity index (χ1) is 12.2. The Morgan fingerprint density at radius 1 is 1.27 bits per heavy atom. The summed E-state index contributed by atoms with van der Waals surface area (Å²) in [5, 5.41) is 0. The number of amides is 1. The van der Waals surface area contributed by atoms with Crippen LogP contribution in [0.15, 0.2) is 24.3 Å². The van der Waals surface area contributed by atoms with E-state index in [1.807, 2.05) is 52.0 Å². The number of piperidine rings is 1. The topological polar surface area (TPSA) is 65.1 Å². The molecular weight excluding hydrogens is 334 g/mol. The van der Waals surface area contributed by atoms with Gasteiger partial charge in [-0.1, -0.05) is 12.1 Å². The Morgan fingerprint density at radius 2 is 1.92 bits per heavy atom. The third-order valence-electron chi connectivity index (χ3n) is 4.68. The Labute approximate surface area is 155 Å². The molecule has 0 bridgehead atoms. The molecule has 1 heterocycles. The van der Waals surface area contributed by atoms with Gasteiger partial charge in [0.05, 0.1) is 13.7 Å². The van der Waals surface area contributed by atoms with E-state index in [9.17, 15) is 9.59 Å². The quantitative estimate of drug-likeness (QED) is 0.748. The molecule has 0 aliphatic carbocycles. The molecule has 0 N–H and O–H groups in total. The summed E-state index contributed by atoms with van der Waals surface area (Å²) in [6, 6.07) is 7.96. The summed E-state index contributed by atoms with van der Waals surface area (Å²) in [7, 11) is 1.64. The molecule has 6 heteroatoms. The second kappa shape index (κ2) is 8.43. The van der Waals surface area contributed by atoms with Crippen LogP contribution in [0.25, 0.3) is 0 Å². The van der Waals surface area contributed by atoms with Crippen LogP contribution in [-0.4, -0.2) is 49.4 Å². The average molecular weight is 363 g/mol. The molecule has 26 heavy (non-hydrogen) atoms. The predicted molar refractivity (Wildman–Crippen MR) is 98.3 cm³/mol. The molecule has 0 aromatic heterocycles. The van der Waals surface area contributed by atoms with Crippen LogP contribution in [0.2, 0.25) is 0 Å². The van der Waals surface area contributed by atoms with Gasteiger partial charge >= 0.3 is 6.09 Å². The zero-order valence-corrected chi connectivity index (χ0v) is 16.2. The number of hydrogen-bond acceptors (Lipinski definition) is 5. The van der Waals surface area contributed by atoms with E-state index in [0.717, 1.165) is 17.7 Å². The minimum atomic E-state index is -0.543. The highest BCUT2D eigenvalue weighted by Gasteiger charge is 2.38. The summed E-state index contributed by atoms with van der Waals surface area (Å²) in [6.45, 7) is 8.80. The van der Waals surface area contributed by atoms with Crippen molar-refractivity contribution in [3.8, 4) is 5.75 Å². The fourth-order valence-electron chi connectivity index (χ4n) is 3.41. The zero-order chi connectivity index (χ0) is 19.3. The Morgan fingerprint density at radius 3 is 2.46 bits per heavy atom. The van der Waals surface area contributed by atoms with Gasteiger partial charge in [-0.25, -0.2) is 4.79 Å². The van der Waals surface area contributed by atoms with E-state index in [0.29, 0.717) is 13.0 Å². The monoisotopic (exact) mass is 363 g/mol. The number of carbonyl (C=O) groups excluding carboxylic acids is 2. The van der Waals surface area contributed by atoms with E-state index >= 15 is 0 Å². The van der Waals surface area contributed by atoms with Crippen molar-refractivity contribution < 1.29 is 23.8 Å². The molecule has 1 aliphatic rings. The lowest BCUT2D eigenvalue weighted by atomic mass is 9.78. The number of carbonyl (C=O) groups is 2. The number of benzene rings is 1. The maximum atomic E-state index is 12.5. The molecule has 1 amide bonds. The summed E-state index contributed by atoms with van der Waals surface area (Å²) in [4.78, 5) is 25.0. The highest BCUT2D eigenvalue weighted by Crippen LogP contribution is 2.37. The summed E-state index contributed by atoms with van der Waals surface area (Å²) in [6.07, 6.45) is 0.452. The fourth-order valence-corrected chi connectivity index (χ4v) is 3.41. The first-order valence-electron chi connectivity index (χ1n) is 8.94. The van der Waals surface area contributed by atoms with Crippen LogP contribution in [0.1, 0.15) is 45.6 Å². The summed E-state index contributed by atoms with van der Waals surface area (Å²) >= 11 is 0. The molecule has 0 radical (unpaired) electrons. The van der Waals surface area contributed by atoms with Gasteiger partial charge in [0.15, 0.2) is 0 Å². The molecule has 1 saturated heterocycles. The second-order valence-corrected chi connectivity index (χ2v) is 7.79. The van der Waals surface area contributed by atoms with Crippen molar-refractivity contribution in [2.75, 3.05) is 20.3 Å². The minimum absolute atomic E-state index is 0.0114. The molecule has 1 aromatic rings. The van der Waals surface area contributed by atoms with Gasteiger partial charge in [-0.2, -0.15) is 0 Å². The summed E-state index contributed by atoms with van der Waals surface area (Å²) in [5.41, 5.74) is 0.610. The van der Waals surface area contributed by atoms with Crippen LogP contribution in [0.3, 0.4) is 0 Å². The van der Waals surface area contributed by atoms with Gasteiger partial charge in [0.2, 0.25) is 0 Å². The second-order valence-electron chi connectivity index (χ2n) is 7.79. The SMILES string of the molecule is COc1ccc([C@@H]2C[C@@H](C)N(C(=O)OC(C)(C)C)C[C@H]2COC=O)cc1. The van der Waals surface area contributed by atoms with E-state index in [1.54, 1.807) is 12.0 Å². The summed E-state index contributed by atoms with van der Waals surface area (Å²) in [5.74, 6) is 1.00. The number of methoxy groups -OCH3 is 1. The van der Waals surface area contributed by atoms with E-state index in [1.165, 1.54) is 0 Å². The van der Waals surface area contributed by atoms with Gasteiger partial charge in [0.25, 0.3) is 6.47 Å². The van der Waals surface area contributed by atoms with Crippen molar-refractivity contribution >= 4 is 12.6 Å². The molecule has 2 rings (SSSR count). The van der Waals surface area contributed by atoms with Crippen molar-refractivity contribution in [2.45, 2.75) is 51.7 Å².